The van der Waals surface area contributed by atoms with E-state index in [1.165, 1.54) is 13.2 Å². The van der Waals surface area contributed by atoms with E-state index in [2.05, 4.69) is 25.4 Å². The summed E-state index contributed by atoms with van der Waals surface area (Å²) in [5, 5.41) is 0. The molecule has 104 valence electrons. The highest BCUT2D eigenvalue weighted by Gasteiger charge is 2.19. The minimum atomic E-state index is -0.804. The molecule has 1 aromatic carbocycles. The van der Waals surface area contributed by atoms with Crippen molar-refractivity contribution in [3.8, 4) is 0 Å². The molecule has 0 amide bonds. The highest BCUT2D eigenvalue weighted by atomic mass is 79.9. The third-order valence-electron chi connectivity index (χ3n) is 2.23. The molecule has 0 fully saturated rings. The van der Waals surface area contributed by atoms with Crippen molar-refractivity contribution in [1.29, 1.82) is 0 Å². The maximum Gasteiger partial charge on any atom is 0.341 e. The molecule has 0 atom stereocenters. The number of halogens is 2. The van der Waals surface area contributed by atoms with Crippen molar-refractivity contribution >= 4 is 27.9 Å². The third-order valence-corrected chi connectivity index (χ3v) is 2.69. The van der Waals surface area contributed by atoms with Crippen LogP contribution in [0.4, 0.5) is 4.39 Å². The van der Waals surface area contributed by atoms with Crippen LogP contribution in [0.5, 0.6) is 0 Å². The Morgan fingerprint density at radius 3 is 2.53 bits per heavy atom. The van der Waals surface area contributed by atoms with Crippen LogP contribution < -0.4 is 0 Å². The third kappa shape index (κ3) is 4.29. The summed E-state index contributed by atoms with van der Waals surface area (Å²) >= 11 is 3.11. The van der Waals surface area contributed by atoms with E-state index in [0.29, 0.717) is 4.47 Å². The van der Waals surface area contributed by atoms with Gasteiger partial charge in [-0.3, -0.25) is 0 Å². The summed E-state index contributed by atoms with van der Waals surface area (Å²) in [5.74, 6) is -2.09. The van der Waals surface area contributed by atoms with Crippen molar-refractivity contribution in [2.75, 3.05) is 20.8 Å². The van der Waals surface area contributed by atoms with Gasteiger partial charge in [0.2, 0.25) is 0 Å². The maximum absolute atomic E-state index is 13.7. The quantitative estimate of drug-likeness (QED) is 0.771. The first-order valence-electron chi connectivity index (χ1n) is 5.20. The van der Waals surface area contributed by atoms with Crippen LogP contribution in [0.15, 0.2) is 16.6 Å². The fourth-order valence-electron chi connectivity index (χ4n) is 1.37. The molecule has 0 aliphatic rings. The second-order valence-corrected chi connectivity index (χ2v) is 4.40. The van der Waals surface area contributed by atoms with E-state index >= 15 is 0 Å². The summed E-state index contributed by atoms with van der Waals surface area (Å²) in [6.07, 6.45) is 0. The molecule has 1 aromatic rings. The van der Waals surface area contributed by atoms with Gasteiger partial charge in [-0.25, -0.2) is 14.0 Å². The predicted molar refractivity (Wildman–Crippen MR) is 67.1 cm³/mol. The number of carbonyl (C=O) groups excluding carboxylic acids is 2. The SMILES string of the molecule is COC(=O)COCc1cc(Br)cc(F)c1C(=O)OC. The first kappa shape index (κ1) is 15.6. The second kappa shape index (κ2) is 7.20. The summed E-state index contributed by atoms with van der Waals surface area (Å²) in [6.45, 7) is -0.402. The first-order valence-corrected chi connectivity index (χ1v) is 5.99. The van der Waals surface area contributed by atoms with Crippen LogP contribution in [-0.2, 0) is 25.6 Å². The van der Waals surface area contributed by atoms with Gasteiger partial charge in [0, 0.05) is 4.47 Å². The molecule has 0 aliphatic carbocycles. The van der Waals surface area contributed by atoms with Gasteiger partial charge in [-0.2, -0.15) is 0 Å². The molecule has 0 unspecified atom stereocenters. The fourth-order valence-corrected chi connectivity index (χ4v) is 1.85. The van der Waals surface area contributed by atoms with Gasteiger partial charge in [-0.1, -0.05) is 15.9 Å². The Morgan fingerprint density at radius 2 is 1.95 bits per heavy atom. The van der Waals surface area contributed by atoms with Crippen LogP contribution >= 0.6 is 15.9 Å². The zero-order valence-electron chi connectivity index (χ0n) is 10.4. The zero-order valence-corrected chi connectivity index (χ0v) is 12.0. The molecule has 19 heavy (non-hydrogen) atoms. The van der Waals surface area contributed by atoms with Crippen LogP contribution in [-0.4, -0.2) is 32.8 Å². The lowest BCUT2D eigenvalue weighted by atomic mass is 10.1. The van der Waals surface area contributed by atoms with Crippen molar-refractivity contribution in [1.82, 2.24) is 0 Å². The average molecular weight is 335 g/mol. The number of hydrogen-bond acceptors (Lipinski definition) is 5. The molecule has 7 heteroatoms. The average Bonchev–Trinajstić information content (AvgIpc) is 2.37. The lowest BCUT2D eigenvalue weighted by Crippen LogP contribution is -2.13. The van der Waals surface area contributed by atoms with Gasteiger partial charge < -0.3 is 14.2 Å². The Hall–Kier alpha value is -1.47. The molecule has 0 saturated carbocycles. The van der Waals surface area contributed by atoms with Crippen LogP contribution in [0.25, 0.3) is 0 Å². The van der Waals surface area contributed by atoms with Crippen LogP contribution in [0, 0.1) is 5.82 Å². The molecule has 0 heterocycles. The van der Waals surface area contributed by atoms with Gasteiger partial charge >= 0.3 is 11.9 Å². The van der Waals surface area contributed by atoms with Gasteiger partial charge in [0.15, 0.2) is 0 Å². The molecule has 0 bridgehead atoms. The van der Waals surface area contributed by atoms with E-state index in [9.17, 15) is 14.0 Å². The molecule has 0 radical (unpaired) electrons. The summed E-state index contributed by atoms with van der Waals surface area (Å²) in [4.78, 5) is 22.4. The van der Waals surface area contributed by atoms with Crippen molar-refractivity contribution < 1.29 is 28.2 Å². The van der Waals surface area contributed by atoms with E-state index in [0.717, 1.165) is 13.2 Å². The van der Waals surface area contributed by atoms with E-state index in [1.807, 2.05) is 0 Å². The Morgan fingerprint density at radius 1 is 1.26 bits per heavy atom. The normalized spacial score (nSPS) is 10.1. The maximum atomic E-state index is 13.7. The summed E-state index contributed by atoms with van der Waals surface area (Å²) in [7, 11) is 2.38. The number of rotatable bonds is 5. The van der Waals surface area contributed by atoms with Crippen molar-refractivity contribution in [2.24, 2.45) is 0 Å². The lowest BCUT2D eigenvalue weighted by Gasteiger charge is -2.10. The Bertz CT molecular complexity index is 489. The van der Waals surface area contributed by atoms with Gasteiger partial charge in [-0.05, 0) is 17.7 Å². The van der Waals surface area contributed by atoms with Gasteiger partial charge in [0.05, 0.1) is 20.8 Å². The summed E-state index contributed by atoms with van der Waals surface area (Å²) in [6, 6.07) is 2.67. The van der Waals surface area contributed by atoms with E-state index in [4.69, 9.17) is 4.74 Å². The van der Waals surface area contributed by atoms with Gasteiger partial charge in [0.25, 0.3) is 0 Å². The van der Waals surface area contributed by atoms with Crippen LogP contribution in [0.3, 0.4) is 0 Å². The molecule has 0 aliphatic heterocycles. The molecule has 1 rings (SSSR count). The number of carbonyl (C=O) groups is 2. The highest BCUT2D eigenvalue weighted by molar-refractivity contribution is 9.10. The Balaban J connectivity index is 2.91. The van der Waals surface area contributed by atoms with Crippen molar-refractivity contribution in [3.05, 3.63) is 33.5 Å². The molecule has 0 aromatic heterocycles. The van der Waals surface area contributed by atoms with E-state index < -0.39 is 17.8 Å². The minimum absolute atomic E-state index is 0.115. The highest BCUT2D eigenvalue weighted by Crippen LogP contribution is 2.22. The Kier molecular flexibility index (Phi) is 5.91. The number of methoxy groups -OCH3 is 2. The fraction of sp³-hybridized carbons (Fsp3) is 0.333. The topological polar surface area (TPSA) is 61.8 Å². The largest absolute Gasteiger partial charge is 0.467 e. The smallest absolute Gasteiger partial charge is 0.341 e. The lowest BCUT2D eigenvalue weighted by molar-refractivity contribution is -0.146. The minimum Gasteiger partial charge on any atom is -0.467 e. The summed E-state index contributed by atoms with van der Waals surface area (Å²) < 4.78 is 28.1. The Labute approximate surface area is 117 Å². The monoisotopic (exact) mass is 334 g/mol. The van der Waals surface area contributed by atoms with Gasteiger partial charge in [-0.15, -0.1) is 0 Å². The first-order chi connectivity index (χ1) is 8.99. The molecular formula is C12H12BrFO5. The molecule has 5 nitrogen and oxygen atoms in total. The van der Waals surface area contributed by atoms with Gasteiger partial charge in [0.1, 0.15) is 18.0 Å². The van der Waals surface area contributed by atoms with Crippen molar-refractivity contribution in [3.63, 3.8) is 0 Å². The summed E-state index contributed by atoms with van der Waals surface area (Å²) in [5.41, 5.74) is 0.0678. The number of hydrogen-bond donors (Lipinski definition) is 0. The number of ether oxygens (including phenoxy) is 3. The van der Waals surface area contributed by atoms with Crippen molar-refractivity contribution in [2.45, 2.75) is 6.61 Å². The molecule has 0 saturated heterocycles. The van der Waals surface area contributed by atoms with Crippen LogP contribution in [0.2, 0.25) is 0 Å². The number of benzene rings is 1. The van der Waals surface area contributed by atoms with E-state index in [-0.39, 0.29) is 24.3 Å². The molecule has 0 N–H and O–H groups in total. The second-order valence-electron chi connectivity index (χ2n) is 3.48. The molecular weight excluding hydrogens is 323 g/mol. The standard InChI is InChI=1S/C12H12BrFO5/c1-17-10(15)6-19-5-7-3-8(13)4-9(14)11(7)12(16)18-2/h3-4H,5-6H2,1-2H3. The molecule has 0 spiro atoms. The van der Waals surface area contributed by atoms with Crippen LogP contribution in [0.1, 0.15) is 15.9 Å². The van der Waals surface area contributed by atoms with E-state index in [1.54, 1.807) is 0 Å². The predicted octanol–water partition coefficient (Wildman–Crippen LogP) is 2.06. The number of esters is 2. The zero-order chi connectivity index (χ0) is 14.4.